The van der Waals surface area contributed by atoms with Gasteiger partial charge in [-0.2, -0.15) is 0 Å². The highest BCUT2D eigenvalue weighted by atomic mass is 35.5. The smallest absolute Gasteiger partial charge is 0.235 e. The molecule has 3 heteroatoms. The maximum atomic E-state index is 11.8. The summed E-state index contributed by atoms with van der Waals surface area (Å²) in [6.07, 6.45) is 3.42. The maximum absolute atomic E-state index is 11.8. The molecule has 0 aromatic heterocycles. The number of benzene rings is 1. The first kappa shape index (κ1) is 16.4. The second kappa shape index (κ2) is 6.83. The minimum absolute atomic E-state index is 0.0450. The van der Waals surface area contributed by atoms with Crippen LogP contribution in [0.2, 0.25) is 0 Å². The summed E-state index contributed by atoms with van der Waals surface area (Å²) in [4.78, 5) is 11.8. The van der Waals surface area contributed by atoms with E-state index >= 15 is 0 Å². The average Bonchev–Trinajstić information content (AvgIpc) is 2.48. The molecule has 1 aliphatic rings. The van der Waals surface area contributed by atoms with E-state index in [-0.39, 0.29) is 23.2 Å². The Morgan fingerprint density at radius 2 is 1.95 bits per heavy atom. The topological polar surface area (TPSA) is 29.1 Å². The number of amides is 1. The molecule has 1 aromatic rings. The van der Waals surface area contributed by atoms with Crippen molar-refractivity contribution in [3.05, 3.63) is 35.9 Å². The molecule has 3 atom stereocenters. The van der Waals surface area contributed by atoms with Crippen LogP contribution < -0.4 is 5.32 Å². The maximum Gasteiger partial charge on any atom is 0.235 e. The number of alkyl halides is 1. The van der Waals surface area contributed by atoms with E-state index in [1.807, 2.05) is 0 Å². The summed E-state index contributed by atoms with van der Waals surface area (Å²) >= 11 is 5.67. The molecule has 2 nitrogen and oxygen atoms in total. The van der Waals surface area contributed by atoms with E-state index in [0.717, 1.165) is 12.8 Å². The van der Waals surface area contributed by atoms with Gasteiger partial charge in [0.2, 0.25) is 5.91 Å². The predicted octanol–water partition coefficient (Wildman–Crippen LogP) is 4.12. The van der Waals surface area contributed by atoms with Gasteiger partial charge in [-0.1, -0.05) is 57.5 Å². The summed E-state index contributed by atoms with van der Waals surface area (Å²) < 4.78 is 0. The molecule has 0 unspecified atom stereocenters. The van der Waals surface area contributed by atoms with Gasteiger partial charge >= 0.3 is 0 Å². The molecule has 0 spiro atoms. The molecule has 21 heavy (non-hydrogen) atoms. The average molecular weight is 308 g/mol. The highest BCUT2D eigenvalue weighted by Crippen LogP contribution is 2.42. The molecule has 116 valence electrons. The fraction of sp³-hybridized carbons (Fsp3) is 0.611. The van der Waals surface area contributed by atoms with Gasteiger partial charge in [-0.25, -0.2) is 0 Å². The second-order valence-electron chi connectivity index (χ2n) is 6.92. The third-order valence-electron chi connectivity index (χ3n) is 5.03. The molecule has 0 saturated heterocycles. The van der Waals surface area contributed by atoms with E-state index in [0.29, 0.717) is 11.8 Å². The Morgan fingerprint density at radius 1 is 1.29 bits per heavy atom. The molecule has 2 rings (SSSR count). The molecule has 1 amide bonds. The molecule has 0 bridgehead atoms. The first-order valence-corrected chi connectivity index (χ1v) is 8.39. The third kappa shape index (κ3) is 3.79. The molecule has 0 aliphatic heterocycles. The van der Waals surface area contributed by atoms with Gasteiger partial charge < -0.3 is 5.32 Å². The Bertz CT molecular complexity index is 471. The lowest BCUT2D eigenvalue weighted by molar-refractivity contribution is -0.120. The van der Waals surface area contributed by atoms with Gasteiger partial charge in [-0.05, 0) is 35.7 Å². The minimum Gasteiger partial charge on any atom is -0.352 e. The van der Waals surface area contributed by atoms with Crippen molar-refractivity contribution in [2.45, 2.75) is 51.5 Å². The van der Waals surface area contributed by atoms with Crippen LogP contribution in [-0.4, -0.2) is 17.8 Å². The molecule has 0 radical (unpaired) electrons. The summed E-state index contributed by atoms with van der Waals surface area (Å²) in [5, 5.41) is 3.15. The molecule has 1 aliphatic carbocycles. The highest BCUT2D eigenvalue weighted by Gasteiger charge is 2.40. The van der Waals surface area contributed by atoms with Gasteiger partial charge in [0.15, 0.2) is 0 Å². The van der Waals surface area contributed by atoms with Crippen molar-refractivity contribution < 1.29 is 4.79 Å². The van der Waals surface area contributed by atoms with Crippen molar-refractivity contribution in [3.63, 3.8) is 0 Å². The zero-order valence-corrected chi connectivity index (χ0v) is 14.0. The van der Waals surface area contributed by atoms with Crippen LogP contribution in [0.1, 0.15) is 45.6 Å². The van der Waals surface area contributed by atoms with Gasteiger partial charge in [0.25, 0.3) is 0 Å². The van der Waals surface area contributed by atoms with E-state index in [1.165, 1.54) is 12.0 Å². The van der Waals surface area contributed by atoms with Crippen molar-refractivity contribution in [2.75, 3.05) is 5.88 Å². The Labute approximate surface area is 133 Å². The lowest BCUT2D eigenvalue weighted by Crippen LogP contribution is -2.50. The fourth-order valence-corrected chi connectivity index (χ4v) is 3.81. The normalized spacial score (nSPS) is 26.4. The van der Waals surface area contributed by atoms with Crippen molar-refractivity contribution in [1.29, 1.82) is 0 Å². The zero-order chi connectivity index (χ0) is 15.5. The molecular formula is C18H26ClNO. The van der Waals surface area contributed by atoms with Gasteiger partial charge in [0, 0.05) is 6.04 Å². The van der Waals surface area contributed by atoms with Crippen LogP contribution in [0.5, 0.6) is 0 Å². The van der Waals surface area contributed by atoms with Crippen molar-refractivity contribution in [3.8, 4) is 0 Å². The van der Waals surface area contributed by atoms with E-state index < -0.39 is 0 Å². The van der Waals surface area contributed by atoms with E-state index in [1.54, 1.807) is 0 Å². The Kier molecular flexibility index (Phi) is 5.32. The van der Waals surface area contributed by atoms with Gasteiger partial charge in [-0.3, -0.25) is 4.79 Å². The zero-order valence-electron chi connectivity index (χ0n) is 13.2. The molecule has 1 N–H and O–H groups in total. The Hall–Kier alpha value is -1.02. The van der Waals surface area contributed by atoms with Crippen molar-refractivity contribution in [2.24, 2.45) is 11.8 Å². The van der Waals surface area contributed by atoms with Crippen LogP contribution >= 0.6 is 11.6 Å². The molecular weight excluding hydrogens is 282 g/mol. The van der Waals surface area contributed by atoms with Crippen LogP contribution in [0.15, 0.2) is 30.3 Å². The predicted molar refractivity (Wildman–Crippen MR) is 88.6 cm³/mol. The summed E-state index contributed by atoms with van der Waals surface area (Å²) in [6.45, 7) is 6.86. The first-order valence-electron chi connectivity index (χ1n) is 7.86. The largest absolute Gasteiger partial charge is 0.352 e. The molecule has 0 heterocycles. The number of halogens is 1. The van der Waals surface area contributed by atoms with Crippen LogP contribution in [0.4, 0.5) is 0 Å². The van der Waals surface area contributed by atoms with Crippen LogP contribution in [0.3, 0.4) is 0 Å². The lowest BCUT2D eigenvalue weighted by Gasteiger charge is -2.44. The van der Waals surface area contributed by atoms with E-state index in [4.69, 9.17) is 11.6 Å². The highest BCUT2D eigenvalue weighted by molar-refractivity contribution is 6.27. The van der Waals surface area contributed by atoms with Crippen LogP contribution in [-0.2, 0) is 10.2 Å². The number of hydrogen-bond donors (Lipinski definition) is 1. The van der Waals surface area contributed by atoms with E-state index in [9.17, 15) is 4.79 Å². The Morgan fingerprint density at radius 3 is 2.57 bits per heavy atom. The summed E-state index contributed by atoms with van der Waals surface area (Å²) in [7, 11) is 0. The molecule has 1 fully saturated rings. The van der Waals surface area contributed by atoms with Gasteiger partial charge in [0.1, 0.15) is 5.88 Å². The summed E-state index contributed by atoms with van der Waals surface area (Å²) in [6, 6.07) is 10.8. The quantitative estimate of drug-likeness (QED) is 0.833. The van der Waals surface area contributed by atoms with Gasteiger partial charge in [0.05, 0.1) is 0 Å². The standard InChI is InChI=1S/C18H26ClNO/c1-13-9-10-15(16(11-13)20-17(21)12-19)18(2,3)14-7-5-4-6-8-14/h4-8,13,15-16H,9-12H2,1-3H3,(H,20,21)/t13-,15-,16-/m1/s1. The number of rotatable bonds is 4. The van der Waals surface area contributed by atoms with Crippen LogP contribution in [0.25, 0.3) is 0 Å². The number of hydrogen-bond acceptors (Lipinski definition) is 1. The van der Waals surface area contributed by atoms with E-state index in [2.05, 4.69) is 56.4 Å². The van der Waals surface area contributed by atoms with Crippen molar-refractivity contribution in [1.82, 2.24) is 5.32 Å². The SMILES string of the molecule is C[C@@H]1CC[C@@H](C(C)(C)c2ccccc2)[C@H](NC(=O)CCl)C1. The number of carbonyl (C=O) groups is 1. The molecule has 1 saturated carbocycles. The lowest BCUT2D eigenvalue weighted by atomic mass is 9.63. The summed E-state index contributed by atoms with van der Waals surface area (Å²) in [5.41, 5.74) is 1.39. The van der Waals surface area contributed by atoms with Crippen LogP contribution in [0, 0.1) is 11.8 Å². The second-order valence-corrected chi connectivity index (χ2v) is 7.19. The fourth-order valence-electron chi connectivity index (χ4n) is 3.73. The number of carbonyl (C=O) groups excluding carboxylic acids is 1. The minimum atomic E-state index is -0.0513. The first-order chi connectivity index (χ1) is 9.95. The summed E-state index contributed by atoms with van der Waals surface area (Å²) in [5.74, 6) is 1.10. The van der Waals surface area contributed by atoms with Gasteiger partial charge in [-0.15, -0.1) is 11.6 Å². The van der Waals surface area contributed by atoms with Crippen molar-refractivity contribution >= 4 is 17.5 Å². The third-order valence-corrected chi connectivity index (χ3v) is 5.27. The monoisotopic (exact) mass is 307 g/mol. The number of nitrogens with one attached hydrogen (secondary N) is 1. The molecule has 1 aromatic carbocycles. The Balaban J connectivity index is 2.23.